The van der Waals surface area contributed by atoms with E-state index in [1.54, 1.807) is 34.1 Å². The van der Waals surface area contributed by atoms with Crippen LogP contribution in [-0.2, 0) is 25.5 Å². The van der Waals surface area contributed by atoms with Gasteiger partial charge in [0, 0.05) is 77.4 Å². The molecule has 53 heavy (non-hydrogen) atoms. The predicted molar refractivity (Wildman–Crippen MR) is 196 cm³/mol. The first-order chi connectivity index (χ1) is 25.7. The second-order valence-corrected chi connectivity index (χ2v) is 14.8. The first-order valence-electron chi connectivity index (χ1n) is 19.0. The monoisotopic (exact) mass is 731 g/mol. The van der Waals surface area contributed by atoms with Gasteiger partial charge in [-0.1, -0.05) is 24.3 Å². The largest absolute Gasteiger partial charge is 0.381 e. The first kappa shape index (κ1) is 37.1. The SMILES string of the molecule is N[C@@H](C(=O)N1CCC(OC2CCN(CC(=O)N3CCN(C(=O)c4cc(Cc5n[nH]c(=O)c6ccccc56)ccc4F)CC3)CC2)CC1)C1CCOCC1. The van der Waals surface area contributed by atoms with Crippen molar-refractivity contribution in [1.29, 1.82) is 0 Å². The Kier molecular flexibility index (Phi) is 11.8. The van der Waals surface area contributed by atoms with Crippen LogP contribution in [0.25, 0.3) is 10.8 Å². The maximum atomic E-state index is 15.0. The van der Waals surface area contributed by atoms with Crippen LogP contribution in [0.5, 0.6) is 0 Å². The number of likely N-dealkylation sites (tertiary alicyclic amines) is 2. The number of nitrogens with zero attached hydrogens (tertiary/aromatic N) is 5. The molecule has 4 aliphatic rings. The van der Waals surface area contributed by atoms with Crippen LogP contribution in [0.2, 0.25) is 0 Å². The molecule has 0 unspecified atom stereocenters. The number of carbonyl (C=O) groups excluding carboxylic acids is 3. The van der Waals surface area contributed by atoms with E-state index in [-0.39, 0.29) is 41.1 Å². The van der Waals surface area contributed by atoms with E-state index in [1.807, 2.05) is 17.0 Å². The molecule has 1 aromatic heterocycles. The molecule has 4 saturated heterocycles. The number of nitrogens with one attached hydrogen (secondary N) is 1. The molecule has 4 fully saturated rings. The summed E-state index contributed by atoms with van der Waals surface area (Å²) in [5.41, 5.74) is 7.37. The summed E-state index contributed by atoms with van der Waals surface area (Å²) in [5, 5.41) is 7.97. The fraction of sp³-hybridized carbons (Fsp3) is 0.564. The molecule has 7 rings (SSSR count). The number of aromatic nitrogens is 2. The molecule has 3 amide bonds. The van der Waals surface area contributed by atoms with Crippen LogP contribution in [0, 0.1) is 11.7 Å². The Bertz CT molecular complexity index is 1830. The lowest BCUT2D eigenvalue weighted by atomic mass is 9.91. The standard InChI is InChI=1S/C39H50FN7O6/c40-33-6-5-26(24-34-30-3-1-2-4-31(30)37(49)43-42-34)23-32(33)38(50)47-19-17-45(18-20-47)35(48)25-44-13-7-28(8-14-44)53-29-9-15-46(16-10-29)39(51)36(41)27-11-21-52-22-12-27/h1-6,23,27-29,36H,7-22,24-25,41H2,(H,43,49)/t36-/m1/s1. The zero-order valence-corrected chi connectivity index (χ0v) is 30.2. The molecule has 0 bridgehead atoms. The van der Waals surface area contributed by atoms with E-state index >= 15 is 0 Å². The molecule has 14 heteroatoms. The quantitative estimate of drug-likeness (QED) is 0.337. The number of hydrogen-bond acceptors (Lipinski definition) is 9. The van der Waals surface area contributed by atoms with Crippen molar-refractivity contribution in [3.8, 4) is 0 Å². The fourth-order valence-corrected chi connectivity index (χ4v) is 8.14. The van der Waals surface area contributed by atoms with Crippen LogP contribution in [0.4, 0.5) is 4.39 Å². The molecule has 1 atom stereocenters. The summed E-state index contributed by atoms with van der Waals surface area (Å²) < 4.78 is 26.8. The van der Waals surface area contributed by atoms with E-state index in [2.05, 4.69) is 15.1 Å². The topological polar surface area (TPSA) is 154 Å². The average molecular weight is 732 g/mol. The van der Waals surface area contributed by atoms with Gasteiger partial charge in [-0.05, 0) is 68.2 Å². The fourth-order valence-electron chi connectivity index (χ4n) is 8.14. The lowest BCUT2D eigenvalue weighted by Crippen LogP contribution is -2.53. The van der Waals surface area contributed by atoms with Crippen molar-refractivity contribution in [3.05, 3.63) is 75.5 Å². The number of H-pyrrole nitrogens is 1. The van der Waals surface area contributed by atoms with Gasteiger partial charge in [0.15, 0.2) is 0 Å². The number of carbonyl (C=O) groups is 3. The van der Waals surface area contributed by atoms with Gasteiger partial charge in [-0.15, -0.1) is 0 Å². The molecule has 284 valence electrons. The predicted octanol–water partition coefficient (Wildman–Crippen LogP) is 2.16. The number of nitrogens with two attached hydrogens (primary N) is 1. The van der Waals surface area contributed by atoms with E-state index in [9.17, 15) is 23.6 Å². The van der Waals surface area contributed by atoms with Crippen molar-refractivity contribution < 1.29 is 28.2 Å². The van der Waals surface area contributed by atoms with E-state index in [0.29, 0.717) is 87.5 Å². The molecular formula is C39H50FN7O6. The minimum atomic E-state index is -0.602. The Hall–Kier alpha value is -4.24. The number of piperazine rings is 1. The maximum absolute atomic E-state index is 15.0. The third-order valence-electron chi connectivity index (χ3n) is 11.4. The molecule has 0 saturated carbocycles. The van der Waals surface area contributed by atoms with Crippen molar-refractivity contribution in [1.82, 2.24) is 29.8 Å². The van der Waals surface area contributed by atoms with Crippen molar-refractivity contribution in [3.63, 3.8) is 0 Å². The van der Waals surface area contributed by atoms with Crippen LogP contribution in [0.3, 0.4) is 0 Å². The average Bonchev–Trinajstić information content (AvgIpc) is 3.20. The van der Waals surface area contributed by atoms with E-state index in [4.69, 9.17) is 15.2 Å². The van der Waals surface area contributed by atoms with Crippen LogP contribution in [-0.4, -0.2) is 138 Å². The van der Waals surface area contributed by atoms with Crippen LogP contribution in [0.15, 0.2) is 47.3 Å². The molecule has 0 radical (unpaired) electrons. The summed E-state index contributed by atoms with van der Waals surface area (Å²) in [5.74, 6) is -0.740. The Labute approximate surface area is 308 Å². The highest BCUT2D eigenvalue weighted by molar-refractivity contribution is 5.95. The van der Waals surface area contributed by atoms with Crippen molar-refractivity contribution in [2.75, 3.05) is 72.1 Å². The van der Waals surface area contributed by atoms with E-state index in [1.165, 1.54) is 6.07 Å². The number of halogens is 1. The van der Waals surface area contributed by atoms with Gasteiger partial charge >= 0.3 is 0 Å². The second kappa shape index (κ2) is 16.8. The Morgan fingerprint density at radius 3 is 2.19 bits per heavy atom. The van der Waals surface area contributed by atoms with Crippen LogP contribution in [0.1, 0.15) is 60.1 Å². The summed E-state index contributed by atoms with van der Waals surface area (Å²) in [4.78, 5) is 59.3. The van der Waals surface area contributed by atoms with Crippen molar-refractivity contribution in [2.45, 2.75) is 63.2 Å². The summed E-state index contributed by atoms with van der Waals surface area (Å²) in [6.45, 7) is 5.96. The van der Waals surface area contributed by atoms with Gasteiger partial charge in [-0.3, -0.25) is 24.1 Å². The number of aromatic amines is 1. The maximum Gasteiger partial charge on any atom is 0.272 e. The molecule has 3 aromatic rings. The number of hydrogen-bond donors (Lipinski definition) is 2. The van der Waals surface area contributed by atoms with Crippen LogP contribution >= 0.6 is 0 Å². The number of amides is 3. The number of benzene rings is 2. The molecular weight excluding hydrogens is 681 g/mol. The highest BCUT2D eigenvalue weighted by Crippen LogP contribution is 2.25. The molecule has 4 aliphatic heterocycles. The molecule has 0 aliphatic carbocycles. The van der Waals surface area contributed by atoms with Gasteiger partial charge < -0.3 is 29.9 Å². The van der Waals surface area contributed by atoms with E-state index < -0.39 is 17.8 Å². The minimum absolute atomic E-state index is 0.0186. The minimum Gasteiger partial charge on any atom is -0.381 e. The molecule has 0 spiro atoms. The molecule has 3 N–H and O–H groups in total. The van der Waals surface area contributed by atoms with Crippen molar-refractivity contribution >= 4 is 28.5 Å². The number of fused-ring (bicyclic) bond motifs is 1. The van der Waals surface area contributed by atoms with Gasteiger partial charge in [0.1, 0.15) is 5.82 Å². The number of ether oxygens (including phenoxy) is 2. The third-order valence-corrected chi connectivity index (χ3v) is 11.4. The normalized spacial score (nSPS) is 20.5. The van der Waals surface area contributed by atoms with Crippen molar-refractivity contribution in [2.24, 2.45) is 11.7 Å². The lowest BCUT2D eigenvalue weighted by molar-refractivity contribution is -0.139. The van der Waals surface area contributed by atoms with Gasteiger partial charge in [-0.25, -0.2) is 9.49 Å². The molecule has 5 heterocycles. The van der Waals surface area contributed by atoms with Gasteiger partial charge in [0.25, 0.3) is 11.5 Å². The lowest BCUT2D eigenvalue weighted by Gasteiger charge is -2.39. The highest BCUT2D eigenvalue weighted by atomic mass is 19.1. The summed E-state index contributed by atoms with van der Waals surface area (Å²) in [6, 6.07) is 11.2. The van der Waals surface area contributed by atoms with Crippen LogP contribution < -0.4 is 11.3 Å². The summed E-state index contributed by atoms with van der Waals surface area (Å²) >= 11 is 0. The zero-order valence-electron chi connectivity index (χ0n) is 30.2. The Morgan fingerprint density at radius 2 is 1.49 bits per heavy atom. The van der Waals surface area contributed by atoms with Gasteiger partial charge in [0.2, 0.25) is 11.8 Å². The zero-order chi connectivity index (χ0) is 36.9. The Morgan fingerprint density at radius 1 is 0.849 bits per heavy atom. The van der Waals surface area contributed by atoms with Gasteiger partial charge in [0.05, 0.1) is 41.4 Å². The second-order valence-electron chi connectivity index (χ2n) is 14.8. The number of piperidine rings is 2. The molecule has 2 aromatic carbocycles. The van der Waals surface area contributed by atoms with Gasteiger partial charge in [-0.2, -0.15) is 5.10 Å². The third kappa shape index (κ3) is 8.77. The highest BCUT2D eigenvalue weighted by Gasteiger charge is 2.34. The molecule has 13 nitrogen and oxygen atoms in total. The summed E-state index contributed by atoms with van der Waals surface area (Å²) in [6.07, 6.45) is 5.58. The first-order valence-corrected chi connectivity index (χ1v) is 19.0. The Balaban J connectivity index is 0.829. The number of rotatable bonds is 9. The summed E-state index contributed by atoms with van der Waals surface area (Å²) in [7, 11) is 0. The smallest absolute Gasteiger partial charge is 0.272 e. The van der Waals surface area contributed by atoms with E-state index in [0.717, 1.165) is 51.6 Å².